The quantitative estimate of drug-likeness (QED) is 0.864. The van der Waals surface area contributed by atoms with Gasteiger partial charge in [-0.1, -0.05) is 36.6 Å². The third-order valence-electron chi connectivity index (χ3n) is 5.44. The minimum atomic E-state index is -0.224. The number of hydrogen-bond acceptors (Lipinski definition) is 2. The van der Waals surface area contributed by atoms with E-state index in [0.29, 0.717) is 5.92 Å². The van der Waals surface area contributed by atoms with Crippen LogP contribution in [0.3, 0.4) is 0 Å². The number of rotatable bonds is 4. The van der Waals surface area contributed by atoms with Gasteiger partial charge in [0.25, 0.3) is 0 Å². The van der Waals surface area contributed by atoms with Crippen molar-refractivity contribution in [1.29, 1.82) is 0 Å². The van der Waals surface area contributed by atoms with Crippen LogP contribution < -0.4 is 5.32 Å². The van der Waals surface area contributed by atoms with Gasteiger partial charge in [-0.15, -0.1) is 0 Å². The SMILES string of the molecule is O=C(NC(c1cccc(Cl)c1)C1CCCC1)C1CCC(O)CC1. The molecule has 1 aromatic carbocycles. The van der Waals surface area contributed by atoms with E-state index in [-0.39, 0.29) is 24.0 Å². The Morgan fingerprint density at radius 2 is 1.83 bits per heavy atom. The number of amides is 1. The number of halogens is 1. The topological polar surface area (TPSA) is 49.3 Å². The van der Waals surface area contributed by atoms with Gasteiger partial charge in [0.05, 0.1) is 12.1 Å². The lowest BCUT2D eigenvalue weighted by atomic mass is 9.85. The van der Waals surface area contributed by atoms with Gasteiger partial charge >= 0.3 is 0 Å². The number of benzene rings is 1. The molecular weight excluding hydrogens is 310 g/mol. The predicted molar refractivity (Wildman–Crippen MR) is 92.3 cm³/mol. The van der Waals surface area contributed by atoms with Crippen molar-refractivity contribution < 1.29 is 9.90 Å². The highest BCUT2D eigenvalue weighted by Gasteiger charge is 2.31. The van der Waals surface area contributed by atoms with Gasteiger partial charge in [-0.25, -0.2) is 0 Å². The highest BCUT2D eigenvalue weighted by Crippen LogP contribution is 2.37. The minimum Gasteiger partial charge on any atom is -0.393 e. The Bertz CT molecular complexity index is 534. The number of hydrogen-bond donors (Lipinski definition) is 2. The molecule has 3 rings (SSSR count). The molecule has 1 atom stereocenters. The van der Waals surface area contributed by atoms with E-state index < -0.39 is 0 Å². The van der Waals surface area contributed by atoms with Crippen molar-refractivity contribution in [2.75, 3.05) is 0 Å². The van der Waals surface area contributed by atoms with E-state index >= 15 is 0 Å². The molecule has 3 nitrogen and oxygen atoms in total. The van der Waals surface area contributed by atoms with Crippen LogP contribution in [0.2, 0.25) is 5.02 Å². The molecule has 0 saturated heterocycles. The minimum absolute atomic E-state index is 0.0430. The van der Waals surface area contributed by atoms with Gasteiger partial charge in [-0.2, -0.15) is 0 Å². The highest BCUT2D eigenvalue weighted by atomic mass is 35.5. The molecule has 2 aliphatic rings. The summed E-state index contributed by atoms with van der Waals surface area (Å²) >= 11 is 6.16. The molecule has 2 fully saturated rings. The van der Waals surface area contributed by atoms with E-state index in [9.17, 15) is 9.90 Å². The summed E-state index contributed by atoms with van der Waals surface area (Å²) in [5.41, 5.74) is 1.12. The molecule has 0 aromatic heterocycles. The first kappa shape index (κ1) is 16.8. The fourth-order valence-corrected chi connectivity index (χ4v) is 4.27. The number of nitrogens with one attached hydrogen (secondary N) is 1. The van der Waals surface area contributed by atoms with E-state index in [1.54, 1.807) is 0 Å². The Kier molecular flexibility index (Phi) is 5.60. The van der Waals surface area contributed by atoms with Crippen LogP contribution in [-0.4, -0.2) is 17.1 Å². The third kappa shape index (κ3) is 4.27. The van der Waals surface area contributed by atoms with E-state index in [1.165, 1.54) is 25.7 Å². The van der Waals surface area contributed by atoms with Crippen molar-refractivity contribution >= 4 is 17.5 Å². The summed E-state index contributed by atoms with van der Waals surface area (Å²) in [4.78, 5) is 12.7. The van der Waals surface area contributed by atoms with Gasteiger partial charge < -0.3 is 10.4 Å². The summed E-state index contributed by atoms with van der Waals surface area (Å²) in [7, 11) is 0. The second kappa shape index (κ2) is 7.67. The zero-order valence-corrected chi connectivity index (χ0v) is 14.3. The lowest BCUT2D eigenvalue weighted by molar-refractivity contribution is -0.127. The molecule has 0 radical (unpaired) electrons. The van der Waals surface area contributed by atoms with E-state index in [0.717, 1.165) is 36.3 Å². The molecule has 2 aliphatic carbocycles. The Balaban J connectivity index is 1.72. The van der Waals surface area contributed by atoms with E-state index in [1.807, 2.05) is 18.2 Å². The summed E-state index contributed by atoms with van der Waals surface area (Å²) in [6, 6.07) is 7.95. The number of aliphatic hydroxyl groups is 1. The maximum atomic E-state index is 12.7. The van der Waals surface area contributed by atoms with Crippen LogP contribution in [0.15, 0.2) is 24.3 Å². The molecular formula is C19H26ClNO2. The number of carbonyl (C=O) groups is 1. The van der Waals surface area contributed by atoms with Crippen molar-refractivity contribution in [3.63, 3.8) is 0 Å². The van der Waals surface area contributed by atoms with Gasteiger partial charge in [-0.3, -0.25) is 4.79 Å². The van der Waals surface area contributed by atoms with Gasteiger partial charge in [-0.05, 0) is 62.1 Å². The van der Waals surface area contributed by atoms with Crippen LogP contribution in [0, 0.1) is 11.8 Å². The third-order valence-corrected chi connectivity index (χ3v) is 5.68. The molecule has 0 spiro atoms. The largest absolute Gasteiger partial charge is 0.393 e. The summed E-state index contributed by atoms with van der Waals surface area (Å²) in [5, 5.41) is 13.7. The summed E-state index contributed by atoms with van der Waals surface area (Å²) < 4.78 is 0. The summed E-state index contributed by atoms with van der Waals surface area (Å²) in [5.74, 6) is 0.696. The lowest BCUT2D eigenvalue weighted by Gasteiger charge is -2.30. The average molecular weight is 336 g/mol. The first-order valence-electron chi connectivity index (χ1n) is 8.87. The van der Waals surface area contributed by atoms with E-state index in [4.69, 9.17) is 11.6 Å². The molecule has 1 aromatic rings. The number of aliphatic hydroxyl groups excluding tert-OH is 1. The van der Waals surface area contributed by atoms with Crippen LogP contribution in [0.5, 0.6) is 0 Å². The normalized spacial score (nSPS) is 26.9. The second-order valence-electron chi connectivity index (χ2n) is 7.09. The van der Waals surface area contributed by atoms with Crippen molar-refractivity contribution in [3.05, 3.63) is 34.9 Å². The first-order valence-corrected chi connectivity index (χ1v) is 9.25. The van der Waals surface area contributed by atoms with E-state index in [2.05, 4.69) is 11.4 Å². The zero-order valence-electron chi connectivity index (χ0n) is 13.5. The Morgan fingerprint density at radius 1 is 1.13 bits per heavy atom. The smallest absolute Gasteiger partial charge is 0.223 e. The van der Waals surface area contributed by atoms with Crippen molar-refractivity contribution in [3.8, 4) is 0 Å². The molecule has 126 valence electrons. The molecule has 4 heteroatoms. The molecule has 0 bridgehead atoms. The molecule has 0 aliphatic heterocycles. The monoisotopic (exact) mass is 335 g/mol. The van der Waals surface area contributed by atoms with Gasteiger partial charge in [0.15, 0.2) is 0 Å². The zero-order chi connectivity index (χ0) is 16.2. The predicted octanol–water partition coefficient (Wildman–Crippen LogP) is 4.24. The lowest BCUT2D eigenvalue weighted by Crippen LogP contribution is -2.38. The maximum absolute atomic E-state index is 12.7. The Labute approximate surface area is 143 Å². The van der Waals surface area contributed by atoms with Gasteiger partial charge in [0.1, 0.15) is 0 Å². The Hall–Kier alpha value is -1.06. The molecule has 1 amide bonds. The van der Waals surface area contributed by atoms with Crippen molar-refractivity contribution in [2.45, 2.75) is 63.5 Å². The molecule has 1 unspecified atom stereocenters. The first-order chi connectivity index (χ1) is 11.1. The fourth-order valence-electron chi connectivity index (χ4n) is 4.07. The van der Waals surface area contributed by atoms with Crippen LogP contribution in [0.25, 0.3) is 0 Å². The van der Waals surface area contributed by atoms with Crippen molar-refractivity contribution in [1.82, 2.24) is 5.32 Å². The summed E-state index contributed by atoms with van der Waals surface area (Å²) in [6.07, 6.45) is 7.66. The highest BCUT2D eigenvalue weighted by molar-refractivity contribution is 6.30. The van der Waals surface area contributed by atoms with Crippen LogP contribution in [0.4, 0.5) is 0 Å². The second-order valence-corrected chi connectivity index (χ2v) is 7.53. The van der Waals surface area contributed by atoms with Crippen LogP contribution >= 0.6 is 11.6 Å². The molecule has 0 heterocycles. The van der Waals surface area contributed by atoms with Crippen LogP contribution in [-0.2, 0) is 4.79 Å². The van der Waals surface area contributed by atoms with Crippen molar-refractivity contribution in [2.24, 2.45) is 11.8 Å². The Morgan fingerprint density at radius 3 is 2.48 bits per heavy atom. The van der Waals surface area contributed by atoms with Crippen LogP contribution in [0.1, 0.15) is 63.0 Å². The maximum Gasteiger partial charge on any atom is 0.223 e. The molecule has 2 N–H and O–H groups in total. The summed E-state index contributed by atoms with van der Waals surface area (Å²) in [6.45, 7) is 0. The fraction of sp³-hybridized carbons (Fsp3) is 0.632. The standard InChI is InChI=1S/C19H26ClNO2/c20-16-7-3-6-15(12-16)18(13-4-1-2-5-13)21-19(23)14-8-10-17(22)11-9-14/h3,6-7,12-14,17-18,22H,1-2,4-5,8-11H2,(H,21,23). The van der Waals surface area contributed by atoms with Gasteiger partial charge in [0, 0.05) is 10.9 Å². The van der Waals surface area contributed by atoms with Gasteiger partial charge in [0.2, 0.25) is 5.91 Å². The average Bonchev–Trinajstić information content (AvgIpc) is 3.07. The molecule has 23 heavy (non-hydrogen) atoms. The number of carbonyl (C=O) groups excluding carboxylic acids is 1. The molecule has 2 saturated carbocycles.